The Balaban J connectivity index is 1.84. The molecule has 1 N–H and O–H groups in total. The van der Waals surface area contributed by atoms with Gasteiger partial charge in [-0.15, -0.1) is 0 Å². The van der Waals surface area contributed by atoms with Crippen LogP contribution in [0.3, 0.4) is 0 Å². The SMILES string of the molecule is O=C(O)CCN(C(=O)c1cc(Cl)c2c(c1)OCO2)C1CCOCC1. The summed E-state index contributed by atoms with van der Waals surface area (Å²) < 4.78 is 15.9. The van der Waals surface area contributed by atoms with Crippen molar-refractivity contribution in [3.8, 4) is 11.5 Å². The average Bonchev–Trinajstić information content (AvgIpc) is 3.04. The van der Waals surface area contributed by atoms with Gasteiger partial charge in [-0.25, -0.2) is 0 Å². The van der Waals surface area contributed by atoms with Gasteiger partial charge in [-0.1, -0.05) is 11.6 Å². The zero-order chi connectivity index (χ0) is 17.1. The highest BCUT2D eigenvalue weighted by molar-refractivity contribution is 6.32. The van der Waals surface area contributed by atoms with Gasteiger partial charge in [0.2, 0.25) is 6.79 Å². The van der Waals surface area contributed by atoms with Crippen LogP contribution in [0.25, 0.3) is 0 Å². The van der Waals surface area contributed by atoms with E-state index < -0.39 is 5.97 Å². The summed E-state index contributed by atoms with van der Waals surface area (Å²) in [6, 6.07) is 3.07. The average molecular weight is 356 g/mol. The number of fused-ring (bicyclic) bond motifs is 1. The van der Waals surface area contributed by atoms with Crippen LogP contribution in [0.2, 0.25) is 5.02 Å². The monoisotopic (exact) mass is 355 g/mol. The molecule has 0 radical (unpaired) electrons. The molecule has 1 amide bonds. The lowest BCUT2D eigenvalue weighted by Crippen LogP contribution is -2.44. The van der Waals surface area contributed by atoms with E-state index in [4.69, 9.17) is 30.9 Å². The number of carbonyl (C=O) groups is 2. The molecule has 1 aromatic rings. The minimum Gasteiger partial charge on any atom is -0.481 e. The van der Waals surface area contributed by atoms with Crippen molar-refractivity contribution >= 4 is 23.5 Å². The normalized spacial score (nSPS) is 16.9. The van der Waals surface area contributed by atoms with Crippen LogP contribution in [-0.4, -0.2) is 54.5 Å². The third-order valence-corrected chi connectivity index (χ3v) is 4.41. The summed E-state index contributed by atoms with van der Waals surface area (Å²) in [7, 11) is 0. The van der Waals surface area contributed by atoms with E-state index in [9.17, 15) is 9.59 Å². The van der Waals surface area contributed by atoms with Gasteiger partial charge in [0.1, 0.15) is 0 Å². The Labute approximate surface area is 144 Å². The summed E-state index contributed by atoms with van der Waals surface area (Å²) in [6.07, 6.45) is 1.26. The summed E-state index contributed by atoms with van der Waals surface area (Å²) in [5.74, 6) is -0.348. The lowest BCUT2D eigenvalue weighted by Gasteiger charge is -2.34. The number of hydrogen-bond acceptors (Lipinski definition) is 5. The predicted molar refractivity (Wildman–Crippen MR) is 84.7 cm³/mol. The van der Waals surface area contributed by atoms with Gasteiger partial charge in [0.05, 0.1) is 11.4 Å². The number of aliphatic carboxylic acids is 1. The number of carbonyl (C=O) groups excluding carboxylic acids is 1. The molecule has 0 unspecified atom stereocenters. The lowest BCUT2D eigenvalue weighted by atomic mass is 10.0. The molecule has 0 bridgehead atoms. The second-order valence-electron chi connectivity index (χ2n) is 5.68. The number of benzene rings is 1. The van der Waals surface area contributed by atoms with Gasteiger partial charge in [-0.3, -0.25) is 9.59 Å². The summed E-state index contributed by atoms with van der Waals surface area (Å²) in [6.45, 7) is 1.33. The molecule has 130 valence electrons. The molecule has 1 fully saturated rings. The van der Waals surface area contributed by atoms with E-state index in [2.05, 4.69) is 0 Å². The Bertz CT molecular complexity index is 644. The molecule has 1 aromatic carbocycles. The maximum atomic E-state index is 12.9. The van der Waals surface area contributed by atoms with E-state index >= 15 is 0 Å². The van der Waals surface area contributed by atoms with Crippen molar-refractivity contribution in [3.05, 3.63) is 22.7 Å². The van der Waals surface area contributed by atoms with Crippen LogP contribution in [0.5, 0.6) is 11.5 Å². The minimum atomic E-state index is -0.941. The van der Waals surface area contributed by atoms with E-state index in [1.54, 1.807) is 11.0 Å². The standard InChI is InChI=1S/C16H18ClNO6/c17-12-7-10(8-13-15(12)24-9-23-13)16(21)18(4-1-14(19)20)11-2-5-22-6-3-11/h7-8,11H,1-6,9H2,(H,19,20). The van der Waals surface area contributed by atoms with Crippen LogP contribution in [0.15, 0.2) is 12.1 Å². The fourth-order valence-corrected chi connectivity index (χ4v) is 3.18. The van der Waals surface area contributed by atoms with Gasteiger partial charge in [0.15, 0.2) is 11.5 Å². The van der Waals surface area contributed by atoms with Crippen LogP contribution < -0.4 is 9.47 Å². The van der Waals surface area contributed by atoms with E-state index in [0.29, 0.717) is 48.1 Å². The molecular weight excluding hydrogens is 338 g/mol. The highest BCUT2D eigenvalue weighted by Gasteiger charge is 2.29. The Morgan fingerprint density at radius 2 is 2.00 bits per heavy atom. The molecule has 2 heterocycles. The molecular formula is C16H18ClNO6. The summed E-state index contributed by atoms with van der Waals surface area (Å²) in [4.78, 5) is 25.5. The minimum absolute atomic E-state index is 0.0465. The van der Waals surface area contributed by atoms with Crippen LogP contribution >= 0.6 is 11.6 Å². The van der Waals surface area contributed by atoms with E-state index in [-0.39, 0.29) is 31.7 Å². The molecule has 8 heteroatoms. The fraction of sp³-hybridized carbons (Fsp3) is 0.500. The van der Waals surface area contributed by atoms with Crippen molar-refractivity contribution in [2.45, 2.75) is 25.3 Å². The third-order valence-electron chi connectivity index (χ3n) is 4.13. The van der Waals surface area contributed by atoms with Crippen LogP contribution in [0.4, 0.5) is 0 Å². The third kappa shape index (κ3) is 3.57. The van der Waals surface area contributed by atoms with Crippen LogP contribution in [0, 0.1) is 0 Å². The predicted octanol–water partition coefficient (Wildman–Crippen LogP) is 2.16. The molecule has 0 spiro atoms. The van der Waals surface area contributed by atoms with Crippen LogP contribution in [0.1, 0.15) is 29.6 Å². The Morgan fingerprint density at radius 1 is 1.25 bits per heavy atom. The number of carboxylic acids is 1. The molecule has 3 rings (SSSR count). The Hall–Kier alpha value is -1.99. The lowest BCUT2D eigenvalue weighted by molar-refractivity contribution is -0.137. The van der Waals surface area contributed by atoms with Gasteiger partial charge in [0.25, 0.3) is 5.91 Å². The highest BCUT2D eigenvalue weighted by Crippen LogP contribution is 2.40. The second-order valence-corrected chi connectivity index (χ2v) is 6.08. The summed E-state index contributed by atoms with van der Waals surface area (Å²) >= 11 is 6.15. The maximum Gasteiger partial charge on any atom is 0.305 e. The zero-order valence-electron chi connectivity index (χ0n) is 13.0. The molecule has 0 aromatic heterocycles. The van der Waals surface area contributed by atoms with Gasteiger partial charge in [0, 0.05) is 31.4 Å². The number of carboxylic acid groups (broad SMARTS) is 1. The van der Waals surface area contributed by atoms with Crippen molar-refractivity contribution in [2.75, 3.05) is 26.6 Å². The van der Waals surface area contributed by atoms with Gasteiger partial charge in [-0.05, 0) is 25.0 Å². The molecule has 1 saturated heterocycles. The first kappa shape index (κ1) is 16.9. The molecule has 2 aliphatic heterocycles. The maximum absolute atomic E-state index is 12.9. The number of hydrogen-bond donors (Lipinski definition) is 1. The van der Waals surface area contributed by atoms with E-state index in [1.807, 2.05) is 0 Å². The van der Waals surface area contributed by atoms with Crippen molar-refractivity contribution in [3.63, 3.8) is 0 Å². The highest BCUT2D eigenvalue weighted by atomic mass is 35.5. The summed E-state index contributed by atoms with van der Waals surface area (Å²) in [5.41, 5.74) is 0.362. The van der Waals surface area contributed by atoms with Crippen molar-refractivity contribution in [1.82, 2.24) is 4.90 Å². The quantitative estimate of drug-likeness (QED) is 0.871. The first-order valence-electron chi connectivity index (χ1n) is 7.76. The number of ether oxygens (including phenoxy) is 3. The fourth-order valence-electron chi connectivity index (χ4n) is 2.92. The van der Waals surface area contributed by atoms with E-state index in [0.717, 1.165) is 0 Å². The second kappa shape index (κ2) is 7.27. The smallest absolute Gasteiger partial charge is 0.305 e. The molecule has 0 aliphatic carbocycles. The first-order valence-corrected chi connectivity index (χ1v) is 8.13. The molecule has 7 nitrogen and oxygen atoms in total. The van der Waals surface area contributed by atoms with Crippen molar-refractivity contribution in [2.24, 2.45) is 0 Å². The van der Waals surface area contributed by atoms with Crippen LogP contribution in [-0.2, 0) is 9.53 Å². The Morgan fingerprint density at radius 3 is 2.71 bits per heavy atom. The molecule has 0 atom stereocenters. The number of halogens is 1. The van der Waals surface area contributed by atoms with Gasteiger partial charge >= 0.3 is 5.97 Å². The van der Waals surface area contributed by atoms with Crippen molar-refractivity contribution in [1.29, 1.82) is 0 Å². The van der Waals surface area contributed by atoms with Gasteiger partial charge in [-0.2, -0.15) is 0 Å². The number of nitrogens with zero attached hydrogens (tertiary/aromatic N) is 1. The topological polar surface area (TPSA) is 85.3 Å². The van der Waals surface area contributed by atoms with Gasteiger partial charge < -0.3 is 24.2 Å². The number of rotatable bonds is 5. The zero-order valence-corrected chi connectivity index (χ0v) is 13.8. The van der Waals surface area contributed by atoms with E-state index in [1.165, 1.54) is 6.07 Å². The molecule has 24 heavy (non-hydrogen) atoms. The molecule has 2 aliphatic rings. The summed E-state index contributed by atoms with van der Waals surface area (Å²) in [5, 5.41) is 9.27. The first-order chi connectivity index (χ1) is 11.6. The van der Waals surface area contributed by atoms with Crippen molar-refractivity contribution < 1.29 is 28.9 Å². The molecule has 0 saturated carbocycles. The number of amides is 1. The largest absolute Gasteiger partial charge is 0.481 e. The Kier molecular flexibility index (Phi) is 5.11.